The maximum atomic E-state index is 12.2. The van der Waals surface area contributed by atoms with E-state index in [0.29, 0.717) is 30.5 Å². The molecular formula is C27H36Cl2N2O4. The summed E-state index contributed by atoms with van der Waals surface area (Å²) < 4.78 is 5.41. The molecule has 0 aliphatic carbocycles. The van der Waals surface area contributed by atoms with E-state index in [9.17, 15) is 15.0 Å². The van der Waals surface area contributed by atoms with Crippen molar-refractivity contribution in [1.82, 2.24) is 10.2 Å². The molecule has 0 saturated carbocycles. The predicted molar refractivity (Wildman–Crippen MR) is 140 cm³/mol. The zero-order valence-electron chi connectivity index (χ0n) is 20.6. The fraction of sp³-hybridized carbons (Fsp3) is 0.519. The zero-order valence-corrected chi connectivity index (χ0v) is 22.1. The highest BCUT2D eigenvalue weighted by Crippen LogP contribution is 2.25. The van der Waals surface area contributed by atoms with Crippen molar-refractivity contribution in [1.29, 1.82) is 0 Å². The molecule has 0 unspecified atom stereocenters. The molecular weight excluding hydrogens is 487 g/mol. The van der Waals surface area contributed by atoms with Gasteiger partial charge in [-0.15, -0.1) is 0 Å². The number of benzene rings is 2. The number of nitrogens with zero attached hydrogens (tertiary/aromatic N) is 1. The average Bonchev–Trinajstić information content (AvgIpc) is 3.35. The van der Waals surface area contributed by atoms with Crippen molar-refractivity contribution in [3.05, 3.63) is 69.7 Å². The minimum Gasteiger partial charge on any atom is -0.444 e. The minimum absolute atomic E-state index is 0.0453. The summed E-state index contributed by atoms with van der Waals surface area (Å²) >= 11 is 11.7. The molecule has 0 aromatic heterocycles. The molecule has 2 aliphatic rings. The molecule has 0 spiro atoms. The van der Waals surface area contributed by atoms with Crippen LogP contribution < -0.4 is 5.32 Å². The molecule has 2 heterocycles. The Labute approximate surface area is 218 Å². The number of amides is 1. The summed E-state index contributed by atoms with van der Waals surface area (Å²) in [6.45, 7) is 6.56. The van der Waals surface area contributed by atoms with Crippen LogP contribution in [-0.4, -0.2) is 64.2 Å². The maximum Gasteiger partial charge on any atom is 0.410 e. The van der Waals surface area contributed by atoms with Gasteiger partial charge in [-0.05, 0) is 81.8 Å². The van der Waals surface area contributed by atoms with Gasteiger partial charge < -0.3 is 25.2 Å². The van der Waals surface area contributed by atoms with E-state index < -0.39 is 11.7 Å². The lowest BCUT2D eigenvalue weighted by atomic mass is 10.0. The third kappa shape index (κ3) is 9.28. The largest absolute Gasteiger partial charge is 0.444 e. The number of carbonyl (C=O) groups is 1. The molecule has 6 nitrogen and oxygen atoms in total. The standard InChI is InChI=1S/C16H22ClNO3.C11H14ClNO/c1-16(2,3)21-15(20)18-10-14(19)9-13(18)8-11-4-6-12(17)7-5-11;12-9-3-1-8(2-4-9)5-10-6-11(14)7-13-10/h4-7,13-14,19H,8-10H2,1-3H3;1-4,10-11,13-14H,5-7H2/t13-,14-;10-,11-/m00/s1. The monoisotopic (exact) mass is 522 g/mol. The van der Waals surface area contributed by atoms with Crippen molar-refractivity contribution in [3.63, 3.8) is 0 Å². The Balaban J connectivity index is 0.000000211. The second-order valence-electron chi connectivity index (χ2n) is 10.3. The van der Waals surface area contributed by atoms with Crippen LogP contribution in [0.5, 0.6) is 0 Å². The molecule has 8 heteroatoms. The number of β-amino-alcohol motifs (C(OH)–C–C–N with tert-alkyl or cyclic N) is 2. The van der Waals surface area contributed by atoms with Gasteiger partial charge in [0.05, 0.1) is 18.8 Å². The van der Waals surface area contributed by atoms with E-state index in [1.165, 1.54) is 5.56 Å². The summed E-state index contributed by atoms with van der Waals surface area (Å²) in [7, 11) is 0. The number of likely N-dealkylation sites (tertiary alicyclic amines) is 1. The quantitative estimate of drug-likeness (QED) is 0.534. The first-order chi connectivity index (χ1) is 16.5. The van der Waals surface area contributed by atoms with Crippen LogP contribution >= 0.6 is 23.2 Å². The second-order valence-corrected chi connectivity index (χ2v) is 11.2. The van der Waals surface area contributed by atoms with E-state index in [1.54, 1.807) is 4.90 Å². The van der Waals surface area contributed by atoms with Gasteiger partial charge in [-0.2, -0.15) is 0 Å². The molecule has 2 aromatic carbocycles. The summed E-state index contributed by atoms with van der Waals surface area (Å²) in [6, 6.07) is 15.8. The number of halogens is 2. The second kappa shape index (κ2) is 12.4. The number of rotatable bonds is 4. The molecule has 3 N–H and O–H groups in total. The Kier molecular flexibility index (Phi) is 9.85. The van der Waals surface area contributed by atoms with Crippen molar-refractivity contribution >= 4 is 29.3 Å². The van der Waals surface area contributed by atoms with Gasteiger partial charge in [0.2, 0.25) is 0 Å². The molecule has 0 radical (unpaired) electrons. The number of hydrogen-bond donors (Lipinski definition) is 3. The van der Waals surface area contributed by atoms with E-state index in [-0.39, 0.29) is 18.2 Å². The Morgan fingerprint density at radius 3 is 1.97 bits per heavy atom. The van der Waals surface area contributed by atoms with Gasteiger partial charge in [0.1, 0.15) is 5.60 Å². The number of carbonyl (C=O) groups excluding carboxylic acids is 1. The molecule has 4 rings (SSSR count). The van der Waals surface area contributed by atoms with Crippen molar-refractivity contribution in [2.24, 2.45) is 0 Å². The van der Waals surface area contributed by atoms with Crippen molar-refractivity contribution in [2.45, 2.75) is 76.3 Å². The molecule has 2 fully saturated rings. The van der Waals surface area contributed by atoms with E-state index in [1.807, 2.05) is 69.3 Å². The van der Waals surface area contributed by atoms with Crippen LogP contribution in [-0.2, 0) is 17.6 Å². The number of aliphatic hydroxyl groups excluding tert-OH is 2. The highest BCUT2D eigenvalue weighted by molar-refractivity contribution is 6.30. The highest BCUT2D eigenvalue weighted by atomic mass is 35.5. The molecule has 1 amide bonds. The van der Waals surface area contributed by atoms with Gasteiger partial charge in [-0.25, -0.2) is 4.79 Å². The fourth-order valence-corrected chi connectivity index (χ4v) is 4.63. The molecule has 4 atom stereocenters. The van der Waals surface area contributed by atoms with Crippen LogP contribution in [0.2, 0.25) is 10.0 Å². The summed E-state index contributed by atoms with van der Waals surface area (Å²) in [5, 5.41) is 24.0. The van der Waals surface area contributed by atoms with E-state index in [0.717, 1.165) is 30.0 Å². The van der Waals surface area contributed by atoms with Crippen molar-refractivity contribution < 1.29 is 19.7 Å². The van der Waals surface area contributed by atoms with E-state index >= 15 is 0 Å². The number of nitrogens with one attached hydrogen (secondary N) is 1. The number of ether oxygens (including phenoxy) is 1. The third-order valence-electron chi connectivity index (χ3n) is 6.00. The summed E-state index contributed by atoms with van der Waals surface area (Å²) in [6.07, 6.45) is 2.05. The molecule has 192 valence electrons. The first kappa shape index (κ1) is 27.8. The average molecular weight is 524 g/mol. The lowest BCUT2D eigenvalue weighted by Gasteiger charge is -2.28. The number of hydrogen-bond acceptors (Lipinski definition) is 5. The van der Waals surface area contributed by atoms with Crippen LogP contribution in [0.25, 0.3) is 0 Å². The number of aliphatic hydroxyl groups is 2. The van der Waals surface area contributed by atoms with Crippen LogP contribution in [0.4, 0.5) is 4.79 Å². The first-order valence-electron chi connectivity index (χ1n) is 12.1. The Bertz CT molecular complexity index is 947. The molecule has 0 bridgehead atoms. The first-order valence-corrected chi connectivity index (χ1v) is 12.8. The Morgan fingerprint density at radius 1 is 0.943 bits per heavy atom. The van der Waals surface area contributed by atoms with Gasteiger partial charge in [0, 0.05) is 28.7 Å². The van der Waals surface area contributed by atoms with Gasteiger partial charge in [0.25, 0.3) is 0 Å². The van der Waals surface area contributed by atoms with Crippen LogP contribution in [0.3, 0.4) is 0 Å². The van der Waals surface area contributed by atoms with Crippen LogP contribution in [0.15, 0.2) is 48.5 Å². The summed E-state index contributed by atoms with van der Waals surface area (Å²) in [5.41, 5.74) is 1.82. The molecule has 2 saturated heterocycles. The van der Waals surface area contributed by atoms with Gasteiger partial charge in [0.15, 0.2) is 0 Å². The third-order valence-corrected chi connectivity index (χ3v) is 6.50. The lowest BCUT2D eigenvalue weighted by molar-refractivity contribution is 0.0208. The summed E-state index contributed by atoms with van der Waals surface area (Å²) in [5.74, 6) is 0. The SMILES string of the molecule is CC(C)(C)OC(=O)N1C[C@@H](O)C[C@@H]1Cc1ccc(Cl)cc1.O[C@@H]1CN[C@@H](Cc2ccc(Cl)cc2)C1. The topological polar surface area (TPSA) is 82.0 Å². The van der Waals surface area contributed by atoms with Crippen LogP contribution in [0, 0.1) is 0 Å². The van der Waals surface area contributed by atoms with Gasteiger partial charge in [-0.3, -0.25) is 0 Å². The van der Waals surface area contributed by atoms with E-state index in [4.69, 9.17) is 27.9 Å². The summed E-state index contributed by atoms with van der Waals surface area (Å²) in [4.78, 5) is 13.9. The zero-order chi connectivity index (χ0) is 25.6. The predicted octanol–water partition coefficient (Wildman–Crippen LogP) is 4.86. The van der Waals surface area contributed by atoms with Crippen molar-refractivity contribution in [3.8, 4) is 0 Å². The Hall–Kier alpha value is -1.83. The van der Waals surface area contributed by atoms with Gasteiger partial charge >= 0.3 is 6.09 Å². The van der Waals surface area contributed by atoms with Crippen molar-refractivity contribution in [2.75, 3.05) is 13.1 Å². The highest BCUT2D eigenvalue weighted by Gasteiger charge is 2.36. The van der Waals surface area contributed by atoms with Crippen LogP contribution in [0.1, 0.15) is 44.7 Å². The van der Waals surface area contributed by atoms with E-state index in [2.05, 4.69) is 5.32 Å². The molecule has 2 aromatic rings. The normalized spacial score (nSPS) is 24.1. The molecule has 35 heavy (non-hydrogen) atoms. The lowest BCUT2D eigenvalue weighted by Crippen LogP contribution is -2.41. The minimum atomic E-state index is -0.532. The maximum absolute atomic E-state index is 12.2. The Morgan fingerprint density at radius 2 is 1.49 bits per heavy atom. The molecule has 2 aliphatic heterocycles. The van der Waals surface area contributed by atoms with Gasteiger partial charge in [-0.1, -0.05) is 47.5 Å². The smallest absolute Gasteiger partial charge is 0.410 e. The fourth-order valence-electron chi connectivity index (χ4n) is 4.38.